The molecular weight excluding hydrogens is 222 g/mol. The van der Waals surface area contributed by atoms with Gasteiger partial charge in [-0.2, -0.15) is 0 Å². The van der Waals surface area contributed by atoms with Crippen LogP contribution in [0.25, 0.3) is 11.1 Å². The van der Waals surface area contributed by atoms with Crippen molar-refractivity contribution in [1.82, 2.24) is 4.98 Å². The van der Waals surface area contributed by atoms with Gasteiger partial charge in [0.25, 0.3) is 0 Å². The van der Waals surface area contributed by atoms with Gasteiger partial charge in [-0.25, -0.2) is 0 Å². The van der Waals surface area contributed by atoms with E-state index in [1.54, 1.807) is 13.3 Å². The Labute approximate surface area is 99.9 Å². The Balaban J connectivity index is 2.41. The van der Waals surface area contributed by atoms with Crippen LogP contribution >= 0.6 is 11.6 Å². The quantitative estimate of drug-likeness (QED) is 0.757. The molecule has 2 aromatic rings. The molecule has 0 amide bonds. The number of aromatic nitrogens is 1. The zero-order valence-corrected chi connectivity index (χ0v) is 9.74. The van der Waals surface area contributed by atoms with Gasteiger partial charge in [0.1, 0.15) is 5.75 Å². The average Bonchev–Trinajstić information content (AvgIpc) is 2.39. The molecule has 0 saturated carbocycles. The lowest BCUT2D eigenvalue weighted by molar-refractivity contribution is 0.415. The van der Waals surface area contributed by atoms with Crippen molar-refractivity contribution >= 4 is 11.6 Å². The largest absolute Gasteiger partial charge is 0.497 e. The molecule has 0 fully saturated rings. The highest BCUT2D eigenvalue weighted by molar-refractivity contribution is 6.17. The van der Waals surface area contributed by atoms with E-state index in [0.29, 0.717) is 5.88 Å². The lowest BCUT2D eigenvalue weighted by Crippen LogP contribution is -1.86. The Morgan fingerprint density at radius 2 is 2.06 bits per heavy atom. The summed E-state index contributed by atoms with van der Waals surface area (Å²) in [5.74, 6) is 1.32. The Morgan fingerprint density at radius 3 is 2.81 bits per heavy atom. The van der Waals surface area contributed by atoms with Crippen LogP contribution in [0.15, 0.2) is 42.7 Å². The fraction of sp³-hybridized carbons (Fsp3) is 0.154. The molecule has 16 heavy (non-hydrogen) atoms. The summed E-state index contributed by atoms with van der Waals surface area (Å²) in [4.78, 5) is 4.16. The van der Waals surface area contributed by atoms with Crippen LogP contribution in [0, 0.1) is 0 Å². The first-order chi connectivity index (χ1) is 7.83. The highest BCUT2D eigenvalue weighted by Gasteiger charge is 2.01. The first-order valence-corrected chi connectivity index (χ1v) is 5.51. The van der Waals surface area contributed by atoms with E-state index in [4.69, 9.17) is 16.3 Å². The van der Waals surface area contributed by atoms with Gasteiger partial charge in [-0.3, -0.25) is 4.98 Å². The molecule has 0 spiro atoms. The van der Waals surface area contributed by atoms with Crippen LogP contribution in [0.3, 0.4) is 0 Å². The fourth-order valence-corrected chi connectivity index (χ4v) is 1.67. The topological polar surface area (TPSA) is 22.1 Å². The molecule has 0 bridgehead atoms. The third-order valence-electron chi connectivity index (χ3n) is 2.35. The van der Waals surface area contributed by atoms with Crippen molar-refractivity contribution in [3.63, 3.8) is 0 Å². The maximum absolute atomic E-state index is 5.78. The van der Waals surface area contributed by atoms with Crippen molar-refractivity contribution in [3.8, 4) is 16.9 Å². The third-order valence-corrected chi connectivity index (χ3v) is 2.66. The van der Waals surface area contributed by atoms with Crippen molar-refractivity contribution < 1.29 is 4.74 Å². The zero-order chi connectivity index (χ0) is 11.4. The number of rotatable bonds is 3. The molecule has 0 aliphatic rings. The van der Waals surface area contributed by atoms with Gasteiger partial charge in [0.2, 0.25) is 0 Å². The molecule has 0 N–H and O–H groups in total. The summed E-state index contributed by atoms with van der Waals surface area (Å²) in [7, 11) is 1.66. The Hall–Kier alpha value is -1.54. The molecule has 0 unspecified atom stereocenters. The molecule has 0 aliphatic carbocycles. The number of hydrogen-bond donors (Lipinski definition) is 0. The van der Waals surface area contributed by atoms with Gasteiger partial charge in [0.05, 0.1) is 7.11 Å². The van der Waals surface area contributed by atoms with Gasteiger partial charge < -0.3 is 4.74 Å². The number of ether oxygens (including phenoxy) is 1. The Kier molecular flexibility index (Phi) is 3.42. The SMILES string of the molecule is COc1cccc(-c2cncc(CCl)c2)c1. The van der Waals surface area contributed by atoms with E-state index in [9.17, 15) is 0 Å². The van der Waals surface area contributed by atoms with E-state index < -0.39 is 0 Å². The summed E-state index contributed by atoms with van der Waals surface area (Å²) in [6.45, 7) is 0. The summed E-state index contributed by atoms with van der Waals surface area (Å²) in [6, 6.07) is 9.92. The smallest absolute Gasteiger partial charge is 0.119 e. The van der Waals surface area contributed by atoms with Gasteiger partial charge in [-0.05, 0) is 29.3 Å². The second kappa shape index (κ2) is 4.99. The van der Waals surface area contributed by atoms with Crippen LogP contribution < -0.4 is 4.74 Å². The van der Waals surface area contributed by atoms with E-state index >= 15 is 0 Å². The highest BCUT2D eigenvalue weighted by atomic mass is 35.5. The van der Waals surface area contributed by atoms with E-state index in [-0.39, 0.29) is 0 Å². The molecule has 2 nitrogen and oxygen atoms in total. The number of halogens is 1. The molecule has 0 radical (unpaired) electrons. The van der Waals surface area contributed by atoms with Gasteiger partial charge in [0.15, 0.2) is 0 Å². The number of pyridine rings is 1. The number of hydrogen-bond acceptors (Lipinski definition) is 2. The van der Waals surface area contributed by atoms with Crippen LogP contribution in [0.1, 0.15) is 5.56 Å². The predicted octanol–water partition coefficient (Wildman–Crippen LogP) is 3.50. The van der Waals surface area contributed by atoms with Crippen LogP contribution in [0.5, 0.6) is 5.75 Å². The van der Waals surface area contributed by atoms with Crippen molar-refractivity contribution in [1.29, 1.82) is 0 Å². The number of methoxy groups -OCH3 is 1. The zero-order valence-electron chi connectivity index (χ0n) is 8.98. The van der Waals surface area contributed by atoms with E-state index in [1.807, 2.05) is 36.5 Å². The molecule has 0 atom stereocenters. The fourth-order valence-electron chi connectivity index (χ4n) is 1.52. The van der Waals surface area contributed by atoms with Gasteiger partial charge in [0, 0.05) is 23.8 Å². The molecule has 1 aromatic heterocycles. The first-order valence-electron chi connectivity index (χ1n) is 4.98. The second-order valence-corrected chi connectivity index (χ2v) is 3.71. The van der Waals surface area contributed by atoms with E-state index in [2.05, 4.69) is 4.98 Å². The summed E-state index contributed by atoms with van der Waals surface area (Å²) in [6.07, 6.45) is 3.60. The molecule has 0 saturated heterocycles. The van der Waals surface area contributed by atoms with Gasteiger partial charge in [-0.1, -0.05) is 12.1 Å². The standard InChI is InChI=1S/C13H12ClNO/c1-16-13-4-2-3-11(6-13)12-5-10(7-14)8-15-9-12/h2-6,8-9H,7H2,1H3. The van der Waals surface area contributed by atoms with Crippen LogP contribution in [-0.4, -0.2) is 12.1 Å². The van der Waals surface area contributed by atoms with E-state index in [0.717, 1.165) is 22.4 Å². The maximum Gasteiger partial charge on any atom is 0.119 e. The molecule has 3 heteroatoms. The first kappa shape index (κ1) is 11.0. The summed E-state index contributed by atoms with van der Waals surface area (Å²) in [5.41, 5.74) is 3.15. The van der Waals surface area contributed by atoms with Crippen molar-refractivity contribution in [2.24, 2.45) is 0 Å². The molecule has 1 aromatic carbocycles. The minimum Gasteiger partial charge on any atom is -0.497 e. The Morgan fingerprint density at radius 1 is 1.19 bits per heavy atom. The maximum atomic E-state index is 5.78. The van der Waals surface area contributed by atoms with Crippen molar-refractivity contribution in [2.75, 3.05) is 7.11 Å². The summed E-state index contributed by atoms with van der Waals surface area (Å²) < 4.78 is 5.19. The number of benzene rings is 1. The lowest BCUT2D eigenvalue weighted by atomic mass is 10.1. The third kappa shape index (κ3) is 2.34. The molecule has 0 aliphatic heterocycles. The van der Waals surface area contributed by atoms with Gasteiger partial charge in [-0.15, -0.1) is 11.6 Å². The Bertz CT molecular complexity index is 439. The van der Waals surface area contributed by atoms with Crippen molar-refractivity contribution in [2.45, 2.75) is 5.88 Å². The lowest BCUT2D eigenvalue weighted by Gasteiger charge is -2.05. The summed E-state index contributed by atoms with van der Waals surface area (Å²) >= 11 is 5.78. The van der Waals surface area contributed by atoms with Gasteiger partial charge >= 0.3 is 0 Å². The summed E-state index contributed by atoms with van der Waals surface area (Å²) in [5, 5.41) is 0. The average molecular weight is 234 g/mol. The molecule has 82 valence electrons. The monoisotopic (exact) mass is 233 g/mol. The normalized spacial score (nSPS) is 10.1. The molecule has 1 heterocycles. The van der Waals surface area contributed by atoms with E-state index in [1.165, 1.54) is 0 Å². The number of nitrogens with zero attached hydrogens (tertiary/aromatic N) is 1. The highest BCUT2D eigenvalue weighted by Crippen LogP contribution is 2.24. The molecule has 2 rings (SSSR count). The van der Waals surface area contributed by atoms with Crippen molar-refractivity contribution in [3.05, 3.63) is 48.3 Å². The minimum absolute atomic E-state index is 0.477. The van der Waals surface area contributed by atoms with Crippen LogP contribution in [0.4, 0.5) is 0 Å². The van der Waals surface area contributed by atoms with Crippen LogP contribution in [-0.2, 0) is 5.88 Å². The minimum atomic E-state index is 0.477. The predicted molar refractivity (Wildman–Crippen MR) is 65.8 cm³/mol. The number of alkyl halides is 1. The second-order valence-electron chi connectivity index (χ2n) is 3.45. The molecular formula is C13H12ClNO. The van der Waals surface area contributed by atoms with Crippen LogP contribution in [0.2, 0.25) is 0 Å².